The van der Waals surface area contributed by atoms with E-state index in [1.807, 2.05) is 52.8 Å². The van der Waals surface area contributed by atoms with Crippen LogP contribution < -0.4 is 0 Å². The molecule has 2 aromatic heterocycles. The summed E-state index contributed by atoms with van der Waals surface area (Å²) in [5.41, 5.74) is 1.86. The van der Waals surface area contributed by atoms with E-state index in [9.17, 15) is 0 Å². The van der Waals surface area contributed by atoms with Crippen LogP contribution in [0.3, 0.4) is 0 Å². The summed E-state index contributed by atoms with van der Waals surface area (Å²) in [6.07, 6.45) is 5.31. The molecule has 3 nitrogen and oxygen atoms in total. The number of nitrogens with zero attached hydrogens (tertiary/aromatic N) is 3. The molecule has 0 bridgehead atoms. The summed E-state index contributed by atoms with van der Waals surface area (Å²) in [4.78, 5) is 12.5. The minimum atomic E-state index is 0.672. The predicted molar refractivity (Wildman–Crippen MR) is 72.7 cm³/mol. The maximum Gasteiger partial charge on any atom is 0.178 e. The number of hydrogen-bond acceptors (Lipinski definition) is 3. The van der Waals surface area contributed by atoms with Crippen LogP contribution in [0.25, 0.3) is 11.5 Å². The lowest BCUT2D eigenvalue weighted by molar-refractivity contribution is 1.11. The van der Waals surface area contributed by atoms with Crippen LogP contribution in [0.2, 0.25) is 0 Å². The monoisotopic (exact) mass is 231 g/mol. The Morgan fingerprint density at radius 3 is 1.88 bits per heavy atom. The lowest BCUT2D eigenvalue weighted by Crippen LogP contribution is -1.90. The van der Waals surface area contributed by atoms with Gasteiger partial charge in [0.15, 0.2) is 5.82 Å². The highest BCUT2D eigenvalue weighted by molar-refractivity contribution is 5.47. The highest BCUT2D eigenvalue weighted by Crippen LogP contribution is 2.09. The molecule has 0 N–H and O–H groups in total. The van der Waals surface area contributed by atoms with Crippen molar-refractivity contribution in [1.29, 1.82) is 0 Å². The maximum atomic E-state index is 4.17. The third-order valence-electron chi connectivity index (χ3n) is 1.67. The zero-order chi connectivity index (χ0) is 13.1. The minimum absolute atomic E-state index is 0.672. The van der Waals surface area contributed by atoms with E-state index >= 15 is 0 Å². The predicted octanol–water partition coefficient (Wildman–Crippen LogP) is 3.90. The number of aromatic nitrogens is 3. The summed E-state index contributed by atoms with van der Waals surface area (Å²) in [6.45, 7) is 9.96. The molecule has 0 amide bonds. The second-order valence-electron chi connectivity index (χ2n) is 2.80. The van der Waals surface area contributed by atoms with Crippen molar-refractivity contribution in [2.45, 2.75) is 34.6 Å². The summed E-state index contributed by atoms with van der Waals surface area (Å²) in [7, 11) is 0. The normalized spacial score (nSPS) is 8.29. The fourth-order valence-electron chi connectivity index (χ4n) is 1.02. The molecule has 0 atom stereocenters. The topological polar surface area (TPSA) is 38.7 Å². The summed E-state index contributed by atoms with van der Waals surface area (Å²) < 4.78 is 0. The van der Waals surface area contributed by atoms with E-state index in [0.717, 1.165) is 11.3 Å². The van der Waals surface area contributed by atoms with Gasteiger partial charge >= 0.3 is 0 Å². The van der Waals surface area contributed by atoms with Crippen molar-refractivity contribution >= 4 is 0 Å². The standard InChI is InChI=1S/C10H9N3.2C2H6/c1-8-6-12-10(13-7-8)9-4-2-3-5-11-9;2*1-2/h2-7H,1H3;2*1-2H3. The van der Waals surface area contributed by atoms with E-state index in [2.05, 4.69) is 15.0 Å². The smallest absolute Gasteiger partial charge is 0.178 e. The molecule has 3 heteroatoms. The molecule has 92 valence electrons. The molecular weight excluding hydrogens is 210 g/mol. The first kappa shape index (κ1) is 15.2. The Hall–Kier alpha value is -1.77. The van der Waals surface area contributed by atoms with Crippen molar-refractivity contribution in [3.8, 4) is 11.5 Å². The molecule has 0 fully saturated rings. The van der Waals surface area contributed by atoms with Gasteiger partial charge in [-0.15, -0.1) is 0 Å². The van der Waals surface area contributed by atoms with Gasteiger partial charge in [-0.05, 0) is 24.6 Å². The van der Waals surface area contributed by atoms with Gasteiger partial charge in [0, 0.05) is 18.6 Å². The molecule has 0 unspecified atom stereocenters. The fraction of sp³-hybridized carbons (Fsp3) is 0.357. The zero-order valence-corrected chi connectivity index (χ0v) is 11.3. The van der Waals surface area contributed by atoms with Crippen LogP contribution in [-0.4, -0.2) is 15.0 Å². The molecule has 0 aromatic carbocycles. The molecule has 0 radical (unpaired) electrons. The van der Waals surface area contributed by atoms with Crippen LogP contribution in [0.1, 0.15) is 33.3 Å². The van der Waals surface area contributed by atoms with E-state index < -0.39 is 0 Å². The first-order valence-corrected chi connectivity index (χ1v) is 6.06. The number of aryl methyl sites for hydroxylation is 1. The number of hydrogen-bond donors (Lipinski definition) is 0. The van der Waals surface area contributed by atoms with Gasteiger partial charge < -0.3 is 0 Å². The van der Waals surface area contributed by atoms with Gasteiger partial charge in [-0.2, -0.15) is 0 Å². The van der Waals surface area contributed by atoms with E-state index in [4.69, 9.17) is 0 Å². The van der Waals surface area contributed by atoms with E-state index in [-0.39, 0.29) is 0 Å². The van der Waals surface area contributed by atoms with Crippen LogP contribution in [0.4, 0.5) is 0 Å². The van der Waals surface area contributed by atoms with Crippen molar-refractivity contribution < 1.29 is 0 Å². The second-order valence-corrected chi connectivity index (χ2v) is 2.80. The van der Waals surface area contributed by atoms with Gasteiger partial charge in [0.05, 0.1) is 0 Å². The molecular formula is C14H21N3. The molecule has 2 aromatic rings. The van der Waals surface area contributed by atoms with Gasteiger partial charge in [-0.3, -0.25) is 4.98 Å². The summed E-state index contributed by atoms with van der Waals surface area (Å²) in [6, 6.07) is 5.69. The van der Waals surface area contributed by atoms with Crippen LogP contribution in [0, 0.1) is 6.92 Å². The summed E-state index contributed by atoms with van der Waals surface area (Å²) in [5, 5.41) is 0. The quantitative estimate of drug-likeness (QED) is 0.747. The van der Waals surface area contributed by atoms with E-state index in [0.29, 0.717) is 5.82 Å². The Morgan fingerprint density at radius 1 is 0.824 bits per heavy atom. The van der Waals surface area contributed by atoms with Crippen LogP contribution in [-0.2, 0) is 0 Å². The molecule has 17 heavy (non-hydrogen) atoms. The van der Waals surface area contributed by atoms with Gasteiger partial charge in [0.25, 0.3) is 0 Å². The fourth-order valence-corrected chi connectivity index (χ4v) is 1.02. The van der Waals surface area contributed by atoms with Crippen molar-refractivity contribution in [2.24, 2.45) is 0 Å². The third-order valence-corrected chi connectivity index (χ3v) is 1.67. The molecule has 0 aliphatic carbocycles. The Balaban J connectivity index is 0.000000581. The largest absolute Gasteiger partial charge is 0.253 e. The molecule has 0 saturated heterocycles. The Labute approximate surface area is 104 Å². The van der Waals surface area contributed by atoms with Crippen LogP contribution in [0.15, 0.2) is 36.8 Å². The molecule has 0 saturated carbocycles. The van der Waals surface area contributed by atoms with Crippen LogP contribution >= 0.6 is 0 Å². The lowest BCUT2D eigenvalue weighted by atomic mass is 10.3. The van der Waals surface area contributed by atoms with Gasteiger partial charge in [-0.1, -0.05) is 33.8 Å². The highest BCUT2D eigenvalue weighted by atomic mass is 14.9. The van der Waals surface area contributed by atoms with E-state index in [1.54, 1.807) is 18.6 Å². The van der Waals surface area contributed by atoms with Crippen LogP contribution in [0.5, 0.6) is 0 Å². The molecule has 2 heterocycles. The van der Waals surface area contributed by atoms with Gasteiger partial charge in [0.1, 0.15) is 5.69 Å². The number of pyridine rings is 1. The summed E-state index contributed by atoms with van der Waals surface area (Å²) in [5.74, 6) is 0.672. The molecule has 2 rings (SSSR count). The van der Waals surface area contributed by atoms with Crippen molar-refractivity contribution in [1.82, 2.24) is 15.0 Å². The lowest BCUT2D eigenvalue weighted by Gasteiger charge is -1.97. The zero-order valence-electron chi connectivity index (χ0n) is 11.3. The molecule has 0 aliphatic heterocycles. The molecule has 0 aliphatic rings. The Kier molecular flexibility index (Phi) is 8.47. The first-order chi connectivity index (χ1) is 8.36. The molecule has 0 spiro atoms. The number of rotatable bonds is 1. The Bertz CT molecular complexity index is 382. The third kappa shape index (κ3) is 5.20. The van der Waals surface area contributed by atoms with Gasteiger partial charge in [-0.25, -0.2) is 9.97 Å². The Morgan fingerprint density at radius 2 is 1.41 bits per heavy atom. The van der Waals surface area contributed by atoms with Crippen molar-refractivity contribution in [3.63, 3.8) is 0 Å². The SMILES string of the molecule is CC.CC.Cc1cnc(-c2ccccn2)nc1. The average molecular weight is 231 g/mol. The average Bonchev–Trinajstić information content (AvgIpc) is 2.45. The summed E-state index contributed by atoms with van der Waals surface area (Å²) >= 11 is 0. The minimum Gasteiger partial charge on any atom is -0.253 e. The van der Waals surface area contributed by atoms with Crippen molar-refractivity contribution in [2.75, 3.05) is 0 Å². The second kappa shape index (κ2) is 9.46. The highest BCUT2D eigenvalue weighted by Gasteiger charge is 1.99. The first-order valence-electron chi connectivity index (χ1n) is 6.06. The maximum absolute atomic E-state index is 4.17. The van der Waals surface area contributed by atoms with Crippen molar-refractivity contribution in [3.05, 3.63) is 42.4 Å². The van der Waals surface area contributed by atoms with E-state index in [1.165, 1.54) is 0 Å². The van der Waals surface area contributed by atoms with Gasteiger partial charge in [0.2, 0.25) is 0 Å².